The van der Waals surface area contributed by atoms with Crippen molar-refractivity contribution in [3.8, 4) is 0 Å². The summed E-state index contributed by atoms with van der Waals surface area (Å²) in [7, 11) is 0. The van der Waals surface area contributed by atoms with Gasteiger partial charge >= 0.3 is 0 Å². The van der Waals surface area contributed by atoms with Crippen LogP contribution in [-0.4, -0.2) is 0 Å². The van der Waals surface area contributed by atoms with Gasteiger partial charge in [0, 0.05) is 0 Å². The van der Waals surface area contributed by atoms with Gasteiger partial charge in [0.2, 0.25) is 0 Å². The second-order valence-electron chi connectivity index (χ2n) is 2.87. The fourth-order valence-electron chi connectivity index (χ4n) is 0.887. The minimum atomic E-state index is 1.32. The molecular formula is C10H13-. The van der Waals surface area contributed by atoms with Gasteiger partial charge in [-0.1, -0.05) is 19.4 Å². The lowest BCUT2D eigenvalue weighted by Gasteiger charge is -2.14. The summed E-state index contributed by atoms with van der Waals surface area (Å²) in [6, 6.07) is 8.60. The van der Waals surface area contributed by atoms with Crippen LogP contribution in [0.25, 0.3) is 0 Å². The van der Waals surface area contributed by atoms with Gasteiger partial charge in [-0.15, -0.1) is 12.1 Å². The van der Waals surface area contributed by atoms with Crippen LogP contribution < -0.4 is 0 Å². The van der Waals surface area contributed by atoms with Crippen molar-refractivity contribution in [2.24, 2.45) is 0 Å². The van der Waals surface area contributed by atoms with Crippen LogP contribution in [0.5, 0.6) is 0 Å². The van der Waals surface area contributed by atoms with Crippen molar-refractivity contribution in [3.05, 3.63) is 41.3 Å². The van der Waals surface area contributed by atoms with Crippen LogP contribution >= 0.6 is 0 Å². The maximum absolute atomic E-state index is 2.16. The van der Waals surface area contributed by atoms with Crippen LogP contribution in [0.4, 0.5) is 0 Å². The van der Waals surface area contributed by atoms with Crippen molar-refractivity contribution in [2.75, 3.05) is 0 Å². The first-order valence-corrected chi connectivity index (χ1v) is 3.57. The van der Waals surface area contributed by atoms with Gasteiger partial charge in [-0.25, -0.2) is 0 Å². The fraction of sp³-hybridized carbons (Fsp3) is 0.300. The standard InChI is InChI=1S/C10H13/c1-8(2)10-6-4-9(3)5-7-10/h4-7H,1-3H3/q-1. The topological polar surface area (TPSA) is 0 Å². The first-order valence-electron chi connectivity index (χ1n) is 3.57. The van der Waals surface area contributed by atoms with E-state index in [0.29, 0.717) is 0 Å². The summed E-state index contributed by atoms with van der Waals surface area (Å²) in [6.07, 6.45) is 0. The van der Waals surface area contributed by atoms with Gasteiger partial charge in [0.1, 0.15) is 0 Å². The summed E-state index contributed by atoms with van der Waals surface area (Å²) in [4.78, 5) is 0. The second kappa shape index (κ2) is 2.78. The Balaban J connectivity index is 2.89. The Labute approximate surface area is 62.9 Å². The zero-order valence-electron chi connectivity index (χ0n) is 6.81. The molecular weight excluding hydrogens is 120 g/mol. The molecule has 0 N–H and O–H groups in total. The fourth-order valence-corrected chi connectivity index (χ4v) is 0.887. The highest BCUT2D eigenvalue weighted by Crippen LogP contribution is 2.12. The first kappa shape index (κ1) is 7.20. The van der Waals surface area contributed by atoms with E-state index in [1.807, 2.05) is 0 Å². The van der Waals surface area contributed by atoms with Crippen LogP contribution in [0.1, 0.15) is 25.0 Å². The molecule has 0 aliphatic carbocycles. The Morgan fingerprint density at radius 2 is 1.50 bits per heavy atom. The van der Waals surface area contributed by atoms with Crippen molar-refractivity contribution in [2.45, 2.75) is 20.8 Å². The first-order chi connectivity index (χ1) is 4.70. The molecule has 10 heavy (non-hydrogen) atoms. The Morgan fingerprint density at radius 1 is 1.00 bits per heavy atom. The molecule has 0 saturated carbocycles. The second-order valence-corrected chi connectivity index (χ2v) is 2.87. The largest absolute Gasteiger partial charge is 0.189 e. The van der Waals surface area contributed by atoms with Gasteiger partial charge < -0.3 is 0 Å². The number of hydrogen-bond donors (Lipinski definition) is 0. The lowest BCUT2D eigenvalue weighted by Crippen LogP contribution is -1.86. The molecule has 54 valence electrons. The molecule has 0 atom stereocenters. The lowest BCUT2D eigenvalue weighted by molar-refractivity contribution is 1.14. The smallest absolute Gasteiger partial charge is 0.0418 e. The summed E-state index contributed by atoms with van der Waals surface area (Å²) in [5, 5.41) is 0. The number of aryl methyl sites for hydroxylation is 1. The van der Waals surface area contributed by atoms with Gasteiger partial charge in [-0.3, -0.25) is 0 Å². The van der Waals surface area contributed by atoms with E-state index in [1.54, 1.807) is 0 Å². The Bertz CT molecular complexity index is 194. The third-order valence-corrected chi connectivity index (χ3v) is 1.63. The number of hydrogen-bond acceptors (Lipinski definition) is 0. The molecule has 0 radical (unpaired) electrons. The van der Waals surface area contributed by atoms with Crippen molar-refractivity contribution < 1.29 is 0 Å². The van der Waals surface area contributed by atoms with Crippen LogP contribution in [-0.2, 0) is 0 Å². The monoisotopic (exact) mass is 133 g/mol. The molecule has 0 fully saturated rings. The molecule has 0 saturated heterocycles. The zero-order chi connectivity index (χ0) is 7.56. The molecule has 0 aliphatic heterocycles. The molecule has 0 heteroatoms. The molecule has 1 aromatic carbocycles. The summed E-state index contributed by atoms with van der Waals surface area (Å²) in [5.41, 5.74) is 2.66. The van der Waals surface area contributed by atoms with Crippen LogP contribution in [0, 0.1) is 12.8 Å². The Hall–Kier alpha value is -0.910. The van der Waals surface area contributed by atoms with E-state index >= 15 is 0 Å². The van der Waals surface area contributed by atoms with Crippen LogP contribution in [0.2, 0.25) is 0 Å². The summed E-state index contributed by atoms with van der Waals surface area (Å²) in [5.74, 6) is 1.38. The molecule has 0 heterocycles. The molecule has 1 aromatic rings. The Kier molecular flexibility index (Phi) is 2.00. The molecule has 0 aliphatic rings. The van der Waals surface area contributed by atoms with Gasteiger partial charge in [-0.2, -0.15) is 23.6 Å². The number of benzene rings is 1. The van der Waals surface area contributed by atoms with Crippen molar-refractivity contribution in [1.29, 1.82) is 0 Å². The summed E-state index contributed by atoms with van der Waals surface area (Å²) in [6.45, 7) is 6.37. The molecule has 0 spiro atoms. The van der Waals surface area contributed by atoms with Gasteiger partial charge in [0.25, 0.3) is 0 Å². The molecule has 0 bridgehead atoms. The van der Waals surface area contributed by atoms with E-state index in [0.717, 1.165) is 0 Å². The average molecular weight is 133 g/mol. The highest BCUT2D eigenvalue weighted by Gasteiger charge is 1.84. The third-order valence-electron chi connectivity index (χ3n) is 1.63. The predicted octanol–water partition coefficient (Wildman–Crippen LogP) is 2.96. The SMILES string of the molecule is Cc1ccc([C-](C)C)cc1. The van der Waals surface area contributed by atoms with E-state index in [2.05, 4.69) is 45.0 Å². The molecule has 0 aromatic heterocycles. The quantitative estimate of drug-likeness (QED) is 0.517. The van der Waals surface area contributed by atoms with E-state index in [9.17, 15) is 0 Å². The van der Waals surface area contributed by atoms with Crippen molar-refractivity contribution in [3.63, 3.8) is 0 Å². The third kappa shape index (κ3) is 1.53. The van der Waals surface area contributed by atoms with Gasteiger partial charge in [-0.05, 0) is 6.92 Å². The van der Waals surface area contributed by atoms with E-state index < -0.39 is 0 Å². The molecule has 0 unspecified atom stereocenters. The highest BCUT2D eigenvalue weighted by atomic mass is 14.0. The maximum Gasteiger partial charge on any atom is -0.0418 e. The average Bonchev–Trinajstić information content (AvgIpc) is 1.88. The predicted molar refractivity (Wildman–Crippen MR) is 44.9 cm³/mol. The summed E-state index contributed by atoms with van der Waals surface area (Å²) < 4.78 is 0. The van der Waals surface area contributed by atoms with E-state index in [-0.39, 0.29) is 0 Å². The van der Waals surface area contributed by atoms with Crippen molar-refractivity contribution in [1.82, 2.24) is 0 Å². The minimum absolute atomic E-state index is 1.32. The van der Waals surface area contributed by atoms with Gasteiger partial charge in [0.05, 0.1) is 0 Å². The molecule has 1 rings (SSSR count). The van der Waals surface area contributed by atoms with E-state index in [4.69, 9.17) is 0 Å². The van der Waals surface area contributed by atoms with Crippen LogP contribution in [0.15, 0.2) is 24.3 Å². The minimum Gasteiger partial charge on any atom is -0.189 e. The Morgan fingerprint density at radius 3 is 1.90 bits per heavy atom. The molecule has 0 amide bonds. The van der Waals surface area contributed by atoms with Crippen LogP contribution in [0.3, 0.4) is 0 Å². The van der Waals surface area contributed by atoms with Crippen molar-refractivity contribution >= 4 is 0 Å². The lowest BCUT2D eigenvalue weighted by atomic mass is 10.0. The normalized spacial score (nSPS) is 9.50. The number of rotatable bonds is 1. The molecule has 0 nitrogen and oxygen atoms in total. The zero-order valence-corrected chi connectivity index (χ0v) is 6.81. The van der Waals surface area contributed by atoms with E-state index in [1.165, 1.54) is 17.0 Å². The highest BCUT2D eigenvalue weighted by molar-refractivity contribution is 5.30. The maximum atomic E-state index is 2.16. The van der Waals surface area contributed by atoms with Gasteiger partial charge in [0.15, 0.2) is 0 Å². The summed E-state index contributed by atoms with van der Waals surface area (Å²) >= 11 is 0.